The second kappa shape index (κ2) is 2.51. The van der Waals surface area contributed by atoms with Crippen LogP contribution in [0.25, 0.3) is 0 Å². The fraction of sp³-hybridized carbons (Fsp3) is 0.333. The molecular weight excluding hydrogens is 132 g/mol. The maximum atomic E-state index is 10.3. The second-order valence-electron chi connectivity index (χ2n) is 2.07. The number of aliphatic carboxylic acids is 1. The number of nitrogens with zero attached hydrogens (tertiary/aromatic N) is 1. The Kier molecular flexibility index (Phi) is 1.71. The molecule has 1 atom stereocenters. The molecule has 0 saturated carbocycles. The van der Waals surface area contributed by atoms with Gasteiger partial charge >= 0.3 is 5.97 Å². The van der Waals surface area contributed by atoms with Crippen LogP contribution in [-0.4, -0.2) is 21.3 Å². The highest BCUT2D eigenvalue weighted by atomic mass is 16.4. The Balaban J connectivity index is 2.77. The summed E-state index contributed by atoms with van der Waals surface area (Å²) in [6.45, 7) is 1.61. The lowest BCUT2D eigenvalue weighted by atomic mass is 10.1. The Morgan fingerprint density at radius 3 is 3.00 bits per heavy atom. The van der Waals surface area contributed by atoms with Crippen molar-refractivity contribution in [1.82, 2.24) is 10.2 Å². The van der Waals surface area contributed by atoms with Gasteiger partial charge in [0.05, 0.1) is 5.92 Å². The summed E-state index contributed by atoms with van der Waals surface area (Å²) in [5.74, 6) is -1.34. The summed E-state index contributed by atoms with van der Waals surface area (Å²) in [4.78, 5) is 10.3. The number of carboxylic acids is 1. The molecule has 0 bridgehead atoms. The van der Waals surface area contributed by atoms with E-state index >= 15 is 0 Å². The van der Waals surface area contributed by atoms with Gasteiger partial charge in [0, 0.05) is 11.9 Å². The van der Waals surface area contributed by atoms with Gasteiger partial charge in [0.2, 0.25) is 0 Å². The maximum Gasteiger partial charge on any atom is 0.312 e. The molecule has 0 aromatic carbocycles. The second-order valence-corrected chi connectivity index (χ2v) is 2.07. The van der Waals surface area contributed by atoms with Gasteiger partial charge in [-0.3, -0.25) is 9.89 Å². The molecule has 1 unspecified atom stereocenters. The van der Waals surface area contributed by atoms with Crippen molar-refractivity contribution >= 4 is 5.97 Å². The first kappa shape index (κ1) is 6.80. The van der Waals surface area contributed by atoms with Gasteiger partial charge in [-0.1, -0.05) is 0 Å². The monoisotopic (exact) mass is 140 g/mol. The van der Waals surface area contributed by atoms with Gasteiger partial charge in [-0.05, 0) is 13.0 Å². The van der Waals surface area contributed by atoms with Crippen LogP contribution < -0.4 is 0 Å². The van der Waals surface area contributed by atoms with Crippen LogP contribution in [0.3, 0.4) is 0 Å². The van der Waals surface area contributed by atoms with Crippen LogP contribution in [0.2, 0.25) is 0 Å². The van der Waals surface area contributed by atoms with Gasteiger partial charge in [-0.2, -0.15) is 5.10 Å². The third kappa shape index (κ3) is 1.15. The molecule has 4 heteroatoms. The first-order valence-corrected chi connectivity index (χ1v) is 2.94. The van der Waals surface area contributed by atoms with E-state index in [4.69, 9.17) is 5.11 Å². The molecule has 1 aromatic rings. The molecule has 0 radical (unpaired) electrons. The summed E-state index contributed by atoms with van der Waals surface area (Å²) in [7, 11) is 0. The Hall–Kier alpha value is -1.32. The van der Waals surface area contributed by atoms with E-state index in [-0.39, 0.29) is 0 Å². The average molecular weight is 140 g/mol. The standard InChI is InChI=1S/C6H8N2O2/c1-4(6(9)10)5-2-3-7-8-5/h2-4H,1H3,(H,7,8)(H,9,10). The van der Waals surface area contributed by atoms with Gasteiger partial charge in [-0.15, -0.1) is 0 Å². The topological polar surface area (TPSA) is 66.0 Å². The van der Waals surface area contributed by atoms with E-state index < -0.39 is 11.9 Å². The van der Waals surface area contributed by atoms with Crippen LogP contribution in [0.4, 0.5) is 0 Å². The number of carboxylic acid groups (broad SMARTS) is 1. The number of nitrogens with one attached hydrogen (secondary N) is 1. The first-order valence-electron chi connectivity index (χ1n) is 2.94. The molecule has 2 N–H and O–H groups in total. The van der Waals surface area contributed by atoms with Crippen LogP contribution in [0.1, 0.15) is 18.5 Å². The van der Waals surface area contributed by atoms with Crippen molar-refractivity contribution in [3.05, 3.63) is 18.0 Å². The van der Waals surface area contributed by atoms with Crippen LogP contribution >= 0.6 is 0 Å². The predicted molar refractivity (Wildman–Crippen MR) is 34.6 cm³/mol. The molecule has 1 heterocycles. The molecule has 10 heavy (non-hydrogen) atoms. The van der Waals surface area contributed by atoms with Crippen molar-refractivity contribution in [3.8, 4) is 0 Å². The molecule has 0 saturated heterocycles. The zero-order valence-corrected chi connectivity index (χ0v) is 5.53. The normalized spacial score (nSPS) is 12.9. The molecule has 1 rings (SSSR count). The Morgan fingerprint density at radius 1 is 1.90 bits per heavy atom. The van der Waals surface area contributed by atoms with Crippen molar-refractivity contribution in [2.45, 2.75) is 12.8 Å². The van der Waals surface area contributed by atoms with E-state index in [1.807, 2.05) is 0 Å². The van der Waals surface area contributed by atoms with Gasteiger partial charge in [-0.25, -0.2) is 0 Å². The fourth-order valence-corrected chi connectivity index (χ4v) is 0.641. The number of hydrogen-bond acceptors (Lipinski definition) is 2. The highest BCUT2D eigenvalue weighted by molar-refractivity contribution is 5.74. The molecule has 54 valence electrons. The van der Waals surface area contributed by atoms with Gasteiger partial charge in [0.25, 0.3) is 0 Å². The zero-order chi connectivity index (χ0) is 7.56. The lowest BCUT2D eigenvalue weighted by Crippen LogP contribution is -2.07. The van der Waals surface area contributed by atoms with Gasteiger partial charge in [0.15, 0.2) is 0 Å². The van der Waals surface area contributed by atoms with Gasteiger partial charge < -0.3 is 5.11 Å². The molecule has 0 aliphatic carbocycles. The Bertz CT molecular complexity index is 218. The summed E-state index contributed by atoms with van der Waals surface area (Å²) in [6, 6.07) is 1.65. The summed E-state index contributed by atoms with van der Waals surface area (Å²) in [5.41, 5.74) is 0.632. The smallest absolute Gasteiger partial charge is 0.312 e. The summed E-state index contributed by atoms with van der Waals surface area (Å²) >= 11 is 0. The van der Waals surface area contributed by atoms with Crippen molar-refractivity contribution in [3.63, 3.8) is 0 Å². The highest BCUT2D eigenvalue weighted by Crippen LogP contribution is 2.10. The fourth-order valence-electron chi connectivity index (χ4n) is 0.641. The van der Waals surface area contributed by atoms with Crippen molar-refractivity contribution in [2.24, 2.45) is 0 Å². The van der Waals surface area contributed by atoms with E-state index in [0.29, 0.717) is 5.69 Å². The maximum absolute atomic E-state index is 10.3. The van der Waals surface area contributed by atoms with Crippen molar-refractivity contribution < 1.29 is 9.90 Å². The summed E-state index contributed by atoms with van der Waals surface area (Å²) in [5, 5.41) is 14.7. The lowest BCUT2D eigenvalue weighted by molar-refractivity contribution is -0.138. The predicted octanol–water partition coefficient (Wildman–Crippen LogP) is 0.598. The summed E-state index contributed by atoms with van der Waals surface area (Å²) in [6.07, 6.45) is 1.54. The zero-order valence-electron chi connectivity index (χ0n) is 5.53. The van der Waals surface area contributed by atoms with E-state index in [1.165, 1.54) is 6.20 Å². The molecule has 4 nitrogen and oxygen atoms in total. The molecule has 0 aliphatic rings. The van der Waals surface area contributed by atoms with Crippen LogP contribution in [0.5, 0.6) is 0 Å². The number of carbonyl (C=O) groups is 1. The Morgan fingerprint density at radius 2 is 2.60 bits per heavy atom. The van der Waals surface area contributed by atoms with E-state index in [9.17, 15) is 4.79 Å². The van der Waals surface area contributed by atoms with Crippen molar-refractivity contribution in [1.29, 1.82) is 0 Å². The number of aromatic nitrogens is 2. The van der Waals surface area contributed by atoms with Crippen LogP contribution in [-0.2, 0) is 4.79 Å². The molecule has 0 spiro atoms. The van der Waals surface area contributed by atoms with Crippen molar-refractivity contribution in [2.75, 3.05) is 0 Å². The summed E-state index contributed by atoms with van der Waals surface area (Å²) < 4.78 is 0. The minimum atomic E-state index is -0.843. The number of H-pyrrole nitrogens is 1. The third-order valence-corrected chi connectivity index (χ3v) is 1.36. The molecular formula is C6H8N2O2. The largest absolute Gasteiger partial charge is 0.481 e. The minimum Gasteiger partial charge on any atom is -0.481 e. The molecule has 1 aromatic heterocycles. The molecule has 0 amide bonds. The number of rotatable bonds is 2. The third-order valence-electron chi connectivity index (χ3n) is 1.36. The molecule has 0 fully saturated rings. The van der Waals surface area contributed by atoms with Crippen LogP contribution in [0.15, 0.2) is 12.3 Å². The van der Waals surface area contributed by atoms with Gasteiger partial charge in [0.1, 0.15) is 0 Å². The molecule has 0 aliphatic heterocycles. The Labute approximate surface area is 57.9 Å². The average Bonchev–Trinajstić information content (AvgIpc) is 2.36. The number of aromatic amines is 1. The van der Waals surface area contributed by atoms with E-state index in [1.54, 1.807) is 13.0 Å². The van der Waals surface area contributed by atoms with E-state index in [2.05, 4.69) is 10.2 Å². The number of hydrogen-bond donors (Lipinski definition) is 2. The first-order chi connectivity index (χ1) is 4.72. The van der Waals surface area contributed by atoms with Crippen LogP contribution in [0, 0.1) is 0 Å². The highest BCUT2D eigenvalue weighted by Gasteiger charge is 2.13. The van der Waals surface area contributed by atoms with E-state index in [0.717, 1.165) is 0 Å². The minimum absolute atomic E-state index is 0.498. The lowest BCUT2D eigenvalue weighted by Gasteiger charge is -1.99. The SMILES string of the molecule is CC(C(=O)O)c1ccn[nH]1. The quantitative estimate of drug-likeness (QED) is 0.632.